The number of nitrogens with one attached hydrogen (secondary N) is 1. The number of hydrogen-bond acceptors (Lipinski definition) is 3. The minimum absolute atomic E-state index is 0. The Kier molecular flexibility index (Phi) is 5.95. The summed E-state index contributed by atoms with van der Waals surface area (Å²) in [6.07, 6.45) is 0. The third kappa shape index (κ3) is 5.97. The minimum atomic E-state index is -1.08. The normalized spacial score (nSPS) is 16.5. The fraction of sp³-hybridized carbons (Fsp3) is 0.875. The summed E-state index contributed by atoms with van der Waals surface area (Å²) >= 11 is -1.08. The second-order valence-electron chi connectivity index (χ2n) is 4.31. The molecule has 0 amide bonds. The topological polar surface area (TPSA) is 38.3 Å². The largest absolute Gasteiger partial charge is 0.107 e. The van der Waals surface area contributed by atoms with Crippen LogP contribution in [0.15, 0.2) is 0 Å². The first-order valence-corrected chi connectivity index (χ1v) is 7.59. The minimum Gasteiger partial charge on any atom is -0.107 e. The molecule has 0 aromatic carbocycles. The van der Waals surface area contributed by atoms with E-state index in [0.29, 0.717) is 4.51 Å². The molecule has 0 saturated carbocycles. The summed E-state index contributed by atoms with van der Waals surface area (Å²) in [5.41, 5.74) is -0.292. The molecule has 0 bridgehead atoms. The molecule has 1 aliphatic heterocycles. The average Bonchev–Trinajstić information content (AvgIpc) is 1.74. The Bertz CT molecular complexity index is 177. The van der Waals surface area contributed by atoms with Crippen molar-refractivity contribution >= 4 is 28.5 Å². The molecule has 0 atom stereocenters. The summed E-state index contributed by atoms with van der Waals surface area (Å²) in [4.78, 5) is 11.3. The van der Waals surface area contributed by atoms with Gasteiger partial charge in [0, 0.05) is 0 Å². The van der Waals surface area contributed by atoms with Gasteiger partial charge in [-0.3, -0.25) is 0 Å². The fourth-order valence-electron chi connectivity index (χ4n) is 1.11. The molecule has 1 aliphatic rings. The first kappa shape index (κ1) is 13.8. The maximum atomic E-state index is 11.3. The zero-order valence-corrected chi connectivity index (χ0v) is 13.7. The molecule has 0 aromatic rings. The van der Waals surface area contributed by atoms with E-state index in [4.69, 9.17) is 4.74 Å². The Labute approximate surface area is 104 Å². The monoisotopic (exact) mass is 349 g/mol. The van der Waals surface area contributed by atoms with Gasteiger partial charge >= 0.3 is 80.5 Å². The van der Waals surface area contributed by atoms with Gasteiger partial charge in [0.25, 0.3) is 0 Å². The molecular weight excluding hydrogens is 334 g/mol. The van der Waals surface area contributed by atoms with Crippen LogP contribution in [0, 0.1) is 0 Å². The molecule has 0 radical (unpaired) electrons. The first-order chi connectivity index (χ1) is 5.47. The van der Waals surface area contributed by atoms with E-state index in [-0.39, 0.29) is 34.1 Å². The van der Waals surface area contributed by atoms with Crippen LogP contribution in [0.25, 0.3) is 0 Å². The Morgan fingerprint density at radius 1 is 1.46 bits per heavy atom. The molecule has 0 unspecified atom stereocenters. The quantitative estimate of drug-likeness (QED) is 0.612. The van der Waals surface area contributed by atoms with E-state index < -0.39 is 17.1 Å². The molecule has 0 aromatic heterocycles. The Balaban J connectivity index is 0.00000144. The van der Waals surface area contributed by atoms with Gasteiger partial charge in [-0.05, 0) is 0 Å². The smallest absolute Gasteiger partial charge is 0.107 e. The summed E-state index contributed by atoms with van der Waals surface area (Å²) in [6, 6.07) is 0. The van der Waals surface area contributed by atoms with Gasteiger partial charge in [0.05, 0.1) is 0 Å². The van der Waals surface area contributed by atoms with Crippen molar-refractivity contribution in [1.82, 2.24) is 5.32 Å². The van der Waals surface area contributed by atoms with Crippen molar-refractivity contribution in [3.05, 3.63) is 0 Å². The van der Waals surface area contributed by atoms with Gasteiger partial charge in [0.15, 0.2) is 0 Å². The third-order valence-electron chi connectivity index (χ3n) is 1.74. The SMILES string of the molecule is CC(C)(C)O[C](=O)[Zn][CH]1CNC1.I. The van der Waals surface area contributed by atoms with Crippen LogP contribution in [0.1, 0.15) is 20.8 Å². The number of rotatable bonds is 2. The second-order valence-corrected chi connectivity index (χ2v) is 8.81. The second kappa shape index (κ2) is 5.61. The Morgan fingerprint density at radius 2 is 2.00 bits per heavy atom. The molecule has 13 heavy (non-hydrogen) atoms. The van der Waals surface area contributed by atoms with Crippen LogP contribution < -0.4 is 5.32 Å². The zero-order valence-electron chi connectivity index (χ0n) is 8.42. The van der Waals surface area contributed by atoms with E-state index in [2.05, 4.69) is 5.32 Å². The molecule has 74 valence electrons. The molecule has 1 N–H and O–H groups in total. The fourth-order valence-corrected chi connectivity index (χ4v) is 4.65. The number of hydrogen-bond donors (Lipinski definition) is 1. The van der Waals surface area contributed by atoms with E-state index in [0.717, 1.165) is 13.1 Å². The number of halogens is 1. The van der Waals surface area contributed by atoms with E-state index in [1.165, 1.54) is 0 Å². The van der Waals surface area contributed by atoms with E-state index in [1.54, 1.807) is 0 Å². The molecular formula is C8H16INO2Zn. The maximum absolute atomic E-state index is 11.3. The van der Waals surface area contributed by atoms with E-state index >= 15 is 0 Å². The van der Waals surface area contributed by atoms with Crippen LogP contribution in [0.4, 0.5) is 4.79 Å². The zero-order chi connectivity index (χ0) is 9.19. The van der Waals surface area contributed by atoms with Gasteiger partial charge in [-0.1, -0.05) is 0 Å². The summed E-state index contributed by atoms with van der Waals surface area (Å²) in [7, 11) is 0. The van der Waals surface area contributed by atoms with Crippen molar-refractivity contribution in [2.24, 2.45) is 0 Å². The summed E-state index contributed by atoms with van der Waals surface area (Å²) in [5, 5.41) is 3.17. The molecule has 1 fully saturated rings. The van der Waals surface area contributed by atoms with Crippen LogP contribution in [0.5, 0.6) is 0 Å². The number of carbonyl (C=O) groups excluding carboxylic acids is 1. The van der Waals surface area contributed by atoms with Crippen molar-refractivity contribution in [1.29, 1.82) is 0 Å². The van der Waals surface area contributed by atoms with Crippen LogP contribution in [-0.2, 0) is 21.9 Å². The van der Waals surface area contributed by atoms with E-state index in [1.807, 2.05) is 20.8 Å². The van der Waals surface area contributed by atoms with Crippen molar-refractivity contribution in [2.75, 3.05) is 13.1 Å². The van der Waals surface area contributed by atoms with Crippen molar-refractivity contribution in [3.8, 4) is 0 Å². The molecule has 1 heterocycles. The van der Waals surface area contributed by atoms with Gasteiger partial charge < -0.3 is 0 Å². The molecule has 0 spiro atoms. The van der Waals surface area contributed by atoms with Crippen molar-refractivity contribution in [3.63, 3.8) is 0 Å². The predicted octanol–water partition coefficient (Wildman–Crippen LogP) is 2.01. The summed E-state index contributed by atoms with van der Waals surface area (Å²) in [6.45, 7) is 7.85. The molecule has 5 heteroatoms. The third-order valence-corrected chi connectivity index (χ3v) is 5.17. The average molecular weight is 351 g/mol. The van der Waals surface area contributed by atoms with Gasteiger partial charge in [-0.2, -0.15) is 0 Å². The van der Waals surface area contributed by atoms with Crippen LogP contribution in [0.2, 0.25) is 4.51 Å². The van der Waals surface area contributed by atoms with Crippen molar-refractivity contribution < 1.29 is 26.7 Å². The van der Waals surface area contributed by atoms with Crippen LogP contribution in [0.3, 0.4) is 0 Å². The number of ether oxygens (including phenoxy) is 1. The van der Waals surface area contributed by atoms with E-state index in [9.17, 15) is 4.79 Å². The summed E-state index contributed by atoms with van der Waals surface area (Å²) < 4.78 is 6.06. The maximum Gasteiger partial charge on any atom is -0.107 e. The number of carbonyl (C=O) groups is 1. The van der Waals surface area contributed by atoms with Gasteiger partial charge in [0.2, 0.25) is 0 Å². The molecule has 1 saturated heterocycles. The summed E-state index contributed by atoms with van der Waals surface area (Å²) in [5.74, 6) is 0. The Hall–Kier alpha value is 0.783. The van der Waals surface area contributed by atoms with Gasteiger partial charge in [-0.15, -0.1) is 24.0 Å². The first-order valence-electron chi connectivity index (χ1n) is 4.40. The standard InChI is InChI=1S/C5H9O2.C3H6N.HI.Zn/c1-5(2,3)7-4-6;1-2-4-3-1;;/h1-3H3;1,4H,2-3H2;1H;. The molecule has 0 aliphatic carbocycles. The predicted molar refractivity (Wildman–Crippen MR) is 58.3 cm³/mol. The molecule has 3 nitrogen and oxygen atoms in total. The molecule has 1 rings (SSSR count). The Morgan fingerprint density at radius 3 is 2.31 bits per heavy atom. The van der Waals surface area contributed by atoms with Crippen molar-refractivity contribution in [2.45, 2.75) is 30.9 Å². The van der Waals surface area contributed by atoms with Gasteiger partial charge in [-0.25, -0.2) is 0 Å². The van der Waals surface area contributed by atoms with Gasteiger partial charge in [0.1, 0.15) is 0 Å². The van der Waals surface area contributed by atoms with Crippen LogP contribution >= 0.6 is 24.0 Å². The van der Waals surface area contributed by atoms with Crippen LogP contribution in [-0.4, -0.2) is 23.3 Å².